The van der Waals surface area contributed by atoms with E-state index in [9.17, 15) is 9.59 Å². The van der Waals surface area contributed by atoms with Crippen LogP contribution >= 0.6 is 11.3 Å². The topological polar surface area (TPSA) is 55.4 Å². The molecule has 2 rings (SSSR count). The fraction of sp³-hybridized carbons (Fsp3) is 0.625. The van der Waals surface area contributed by atoms with Gasteiger partial charge in [-0.05, 0) is 36.3 Å². The zero-order valence-corrected chi connectivity index (χ0v) is 14.3. The molecule has 1 N–H and O–H groups in total. The maximum absolute atomic E-state index is 12.4. The molecule has 1 aromatic heterocycles. The molecule has 0 radical (unpaired) electrons. The molecule has 0 spiro atoms. The molecule has 1 amide bonds. The molecule has 1 aliphatic carbocycles. The van der Waals surface area contributed by atoms with Crippen LogP contribution in [0, 0.1) is 23.7 Å². The fourth-order valence-electron chi connectivity index (χ4n) is 2.99. The lowest BCUT2D eigenvalue weighted by molar-refractivity contribution is -0.118. The number of nitrogens with one attached hydrogen (secondary N) is 1. The van der Waals surface area contributed by atoms with Gasteiger partial charge in [-0.25, -0.2) is 4.79 Å². The van der Waals surface area contributed by atoms with Crippen molar-refractivity contribution in [3.8, 4) is 0 Å². The van der Waals surface area contributed by atoms with Gasteiger partial charge in [0.1, 0.15) is 4.88 Å². The molecule has 0 bridgehead atoms. The highest BCUT2D eigenvalue weighted by atomic mass is 32.1. The summed E-state index contributed by atoms with van der Waals surface area (Å²) >= 11 is 1.27. The standard InChI is InChI=1S/C16H23NO3S/c1-7-20-14(19)11-9(2)8-10(21-11)17-13(18)12-15(3,4)16(12,5)6/h8,12H,7H2,1-6H3,(H,17,18). The molecular weight excluding hydrogens is 286 g/mol. The number of hydrogen-bond donors (Lipinski definition) is 1. The average Bonchev–Trinajstić information content (AvgIpc) is 2.63. The fourth-order valence-corrected chi connectivity index (χ4v) is 3.96. The number of amides is 1. The smallest absolute Gasteiger partial charge is 0.348 e. The molecule has 1 aromatic rings. The summed E-state index contributed by atoms with van der Waals surface area (Å²) in [6, 6.07) is 1.83. The molecular formula is C16H23NO3S. The first-order chi connectivity index (χ1) is 9.62. The van der Waals surface area contributed by atoms with Crippen molar-refractivity contribution in [2.75, 3.05) is 11.9 Å². The summed E-state index contributed by atoms with van der Waals surface area (Å²) in [4.78, 5) is 24.8. The largest absolute Gasteiger partial charge is 0.462 e. The van der Waals surface area contributed by atoms with E-state index >= 15 is 0 Å². The number of anilines is 1. The summed E-state index contributed by atoms with van der Waals surface area (Å²) in [7, 11) is 0. The third kappa shape index (κ3) is 2.59. The zero-order chi connectivity index (χ0) is 16.0. The van der Waals surface area contributed by atoms with E-state index in [2.05, 4.69) is 33.0 Å². The molecule has 1 heterocycles. The van der Waals surface area contributed by atoms with Crippen LogP contribution in [0.5, 0.6) is 0 Å². The van der Waals surface area contributed by atoms with Gasteiger partial charge in [0, 0.05) is 5.92 Å². The normalized spacial score (nSPS) is 19.1. The Balaban J connectivity index is 2.10. The number of rotatable bonds is 4. The second-order valence-corrected chi connectivity index (χ2v) is 7.76. The molecule has 0 atom stereocenters. The number of thiophene rings is 1. The third-order valence-corrected chi connectivity index (χ3v) is 6.04. The van der Waals surface area contributed by atoms with Crippen LogP contribution < -0.4 is 5.32 Å². The Morgan fingerprint density at radius 2 is 1.86 bits per heavy atom. The lowest BCUT2D eigenvalue weighted by Gasteiger charge is -2.03. The van der Waals surface area contributed by atoms with Gasteiger partial charge in [0.2, 0.25) is 5.91 Å². The first-order valence-electron chi connectivity index (χ1n) is 7.21. The van der Waals surface area contributed by atoms with Gasteiger partial charge in [-0.1, -0.05) is 27.7 Å². The van der Waals surface area contributed by atoms with Crippen molar-refractivity contribution in [3.63, 3.8) is 0 Å². The van der Waals surface area contributed by atoms with Gasteiger partial charge in [-0.15, -0.1) is 11.3 Å². The lowest BCUT2D eigenvalue weighted by atomic mass is 10.0. The van der Waals surface area contributed by atoms with Crippen LogP contribution in [0.3, 0.4) is 0 Å². The highest BCUT2D eigenvalue weighted by Gasteiger charge is 2.68. The zero-order valence-electron chi connectivity index (χ0n) is 13.5. The molecule has 1 saturated carbocycles. The van der Waals surface area contributed by atoms with E-state index < -0.39 is 0 Å². The predicted molar refractivity (Wildman–Crippen MR) is 84.7 cm³/mol. The van der Waals surface area contributed by atoms with Gasteiger partial charge in [-0.2, -0.15) is 0 Å². The monoisotopic (exact) mass is 309 g/mol. The number of hydrogen-bond acceptors (Lipinski definition) is 4. The van der Waals surface area contributed by atoms with Gasteiger partial charge >= 0.3 is 5.97 Å². The molecule has 21 heavy (non-hydrogen) atoms. The van der Waals surface area contributed by atoms with Crippen molar-refractivity contribution in [1.29, 1.82) is 0 Å². The number of carbonyl (C=O) groups excluding carboxylic acids is 2. The molecule has 0 unspecified atom stereocenters. The molecule has 0 aliphatic heterocycles. The Morgan fingerprint density at radius 3 is 2.33 bits per heavy atom. The Kier molecular flexibility index (Phi) is 3.91. The summed E-state index contributed by atoms with van der Waals surface area (Å²) in [6.07, 6.45) is 0. The SMILES string of the molecule is CCOC(=O)c1sc(NC(=O)C2C(C)(C)C2(C)C)cc1C. The molecule has 116 valence electrons. The summed E-state index contributed by atoms with van der Waals surface area (Å²) in [5, 5.41) is 3.65. The molecule has 4 nitrogen and oxygen atoms in total. The van der Waals surface area contributed by atoms with E-state index in [4.69, 9.17) is 4.74 Å². The number of aryl methyl sites for hydroxylation is 1. The van der Waals surface area contributed by atoms with Crippen molar-refractivity contribution >= 4 is 28.2 Å². The highest BCUT2D eigenvalue weighted by Crippen LogP contribution is 2.68. The maximum Gasteiger partial charge on any atom is 0.348 e. The van der Waals surface area contributed by atoms with E-state index in [1.807, 2.05) is 13.0 Å². The van der Waals surface area contributed by atoms with Crippen LogP contribution in [-0.4, -0.2) is 18.5 Å². The van der Waals surface area contributed by atoms with Crippen molar-refractivity contribution in [2.24, 2.45) is 16.7 Å². The van der Waals surface area contributed by atoms with Crippen LogP contribution in [0.15, 0.2) is 6.07 Å². The van der Waals surface area contributed by atoms with Crippen molar-refractivity contribution < 1.29 is 14.3 Å². The minimum absolute atomic E-state index is 0.00144. The van der Waals surface area contributed by atoms with Gasteiger partial charge in [0.05, 0.1) is 11.6 Å². The van der Waals surface area contributed by atoms with Gasteiger partial charge < -0.3 is 10.1 Å². The minimum Gasteiger partial charge on any atom is -0.462 e. The summed E-state index contributed by atoms with van der Waals surface area (Å²) in [5.74, 6) is -0.298. The van der Waals surface area contributed by atoms with Gasteiger partial charge in [0.15, 0.2) is 0 Å². The minimum atomic E-state index is -0.326. The highest BCUT2D eigenvalue weighted by molar-refractivity contribution is 7.18. The van der Waals surface area contributed by atoms with Crippen LogP contribution in [0.4, 0.5) is 5.00 Å². The van der Waals surface area contributed by atoms with Crippen LogP contribution in [0.25, 0.3) is 0 Å². The molecule has 5 heteroatoms. The molecule has 1 fully saturated rings. The van der Waals surface area contributed by atoms with E-state index in [1.54, 1.807) is 6.92 Å². The Labute approximate surface area is 129 Å². The quantitative estimate of drug-likeness (QED) is 0.859. The van der Waals surface area contributed by atoms with Crippen LogP contribution in [-0.2, 0) is 9.53 Å². The Bertz CT molecular complexity index is 572. The number of carbonyl (C=O) groups is 2. The summed E-state index contributed by atoms with van der Waals surface area (Å²) in [6.45, 7) is 12.4. The van der Waals surface area contributed by atoms with Crippen LogP contribution in [0.2, 0.25) is 0 Å². The first-order valence-corrected chi connectivity index (χ1v) is 8.03. The van der Waals surface area contributed by atoms with Crippen molar-refractivity contribution in [2.45, 2.75) is 41.5 Å². The Hall–Kier alpha value is -1.36. The van der Waals surface area contributed by atoms with Crippen molar-refractivity contribution in [3.05, 3.63) is 16.5 Å². The first kappa shape index (κ1) is 16.0. The third-order valence-electron chi connectivity index (χ3n) is 4.91. The summed E-state index contributed by atoms with van der Waals surface area (Å²) < 4.78 is 5.01. The summed E-state index contributed by atoms with van der Waals surface area (Å²) in [5.41, 5.74) is 0.851. The molecule has 1 aliphatic rings. The van der Waals surface area contributed by atoms with E-state index in [1.165, 1.54) is 11.3 Å². The van der Waals surface area contributed by atoms with Crippen molar-refractivity contribution in [1.82, 2.24) is 0 Å². The van der Waals surface area contributed by atoms with Crippen LogP contribution in [0.1, 0.15) is 49.9 Å². The average molecular weight is 309 g/mol. The van der Waals surface area contributed by atoms with Gasteiger partial charge in [-0.3, -0.25) is 4.79 Å². The number of ether oxygens (including phenoxy) is 1. The number of esters is 1. The molecule has 0 aromatic carbocycles. The van der Waals surface area contributed by atoms with E-state index in [0.29, 0.717) is 16.5 Å². The maximum atomic E-state index is 12.4. The lowest BCUT2D eigenvalue weighted by Crippen LogP contribution is -2.16. The Morgan fingerprint density at radius 1 is 1.29 bits per heavy atom. The predicted octanol–water partition coefficient (Wildman–Crippen LogP) is 3.85. The second kappa shape index (κ2) is 5.13. The second-order valence-electron chi connectivity index (χ2n) is 6.71. The van der Waals surface area contributed by atoms with E-state index in [-0.39, 0.29) is 28.6 Å². The van der Waals surface area contributed by atoms with Gasteiger partial charge in [0.25, 0.3) is 0 Å². The van der Waals surface area contributed by atoms with E-state index in [0.717, 1.165) is 5.56 Å². The molecule has 0 saturated heterocycles.